The Morgan fingerprint density at radius 1 is 1.07 bits per heavy atom. The molecule has 1 N–H and O–H groups in total. The van der Waals surface area contributed by atoms with Crippen molar-refractivity contribution in [2.24, 2.45) is 34.0 Å². The number of rotatable bonds is 3. The molecule has 0 unspecified atom stereocenters. The second-order valence-electron chi connectivity index (χ2n) is 11.1. The largest absolute Gasteiger partial charge is 0.462 e. The van der Waals surface area contributed by atoms with Crippen LogP contribution in [0, 0.1) is 34.0 Å². The number of esters is 1. The summed E-state index contributed by atoms with van der Waals surface area (Å²) in [6.45, 7) is 8.88. The average Bonchev–Trinajstić information content (AvgIpc) is 2.84. The fourth-order valence-electron chi connectivity index (χ4n) is 8.70. The van der Waals surface area contributed by atoms with Crippen LogP contribution in [-0.4, -0.2) is 36.5 Å². The Kier molecular flexibility index (Phi) is 4.52. The lowest BCUT2D eigenvalue weighted by Crippen LogP contribution is -2.59. The molecule has 2 bridgehead atoms. The fourth-order valence-corrected chi connectivity index (χ4v) is 8.70. The molecule has 0 amide bonds. The van der Waals surface area contributed by atoms with Crippen LogP contribution in [-0.2, 0) is 14.3 Å². The molecule has 4 rings (SSSR count). The summed E-state index contributed by atoms with van der Waals surface area (Å²) in [5.74, 6) is 1.64. The molecule has 4 aliphatic rings. The Hall–Kier alpha value is -0.610. The molecule has 0 aromatic rings. The fraction of sp³-hybridized carbons (Fsp3) is 0.957. The number of aliphatic hydroxyl groups is 1. The first kappa shape index (κ1) is 19.7. The van der Waals surface area contributed by atoms with Crippen LogP contribution in [0.1, 0.15) is 79.1 Å². The van der Waals surface area contributed by atoms with Gasteiger partial charge in [0.25, 0.3) is 0 Å². The van der Waals surface area contributed by atoms with Gasteiger partial charge in [-0.15, -0.1) is 0 Å². The third-order valence-corrected chi connectivity index (χ3v) is 9.77. The van der Waals surface area contributed by atoms with E-state index < -0.39 is 0 Å². The third kappa shape index (κ3) is 2.58. The van der Waals surface area contributed by atoms with E-state index in [-0.39, 0.29) is 29.7 Å². The Labute approximate surface area is 164 Å². The quantitative estimate of drug-likeness (QED) is 0.742. The first-order valence-corrected chi connectivity index (χ1v) is 11.0. The SMILES string of the molecule is CO[C@@]1(CO)C[C@@]23CC[C@@H]4C(C)(C)[C@H](OC(C)=O)CC[C@@]4(C)[C@@H]2CC[C@@H]1C3. The number of carbonyl (C=O) groups is 1. The lowest BCUT2D eigenvalue weighted by atomic mass is 9.41. The summed E-state index contributed by atoms with van der Waals surface area (Å²) >= 11 is 0. The van der Waals surface area contributed by atoms with E-state index in [1.807, 2.05) is 0 Å². The minimum atomic E-state index is -0.317. The molecule has 0 heterocycles. The van der Waals surface area contributed by atoms with Gasteiger partial charge in [0.1, 0.15) is 6.10 Å². The van der Waals surface area contributed by atoms with Gasteiger partial charge in [0.15, 0.2) is 0 Å². The number of ether oxygens (including phenoxy) is 2. The highest BCUT2D eigenvalue weighted by atomic mass is 16.5. The van der Waals surface area contributed by atoms with E-state index in [1.54, 1.807) is 14.0 Å². The van der Waals surface area contributed by atoms with E-state index in [2.05, 4.69) is 20.8 Å². The standard InChI is InChI=1S/C23H38O4/c1-15(25)27-19-9-10-21(4)17(20(19,2)3)8-11-22-12-16(6-7-18(21)22)23(13-22,14-24)26-5/h16-19,24H,6-14H2,1-5H3/t16-,17-,18+,19-,21-,22+,23-/m1/s1. The molecule has 4 heteroatoms. The van der Waals surface area contributed by atoms with E-state index in [0.717, 1.165) is 19.3 Å². The summed E-state index contributed by atoms with van der Waals surface area (Å²) in [5.41, 5.74) is 0.327. The number of methoxy groups -OCH3 is 1. The molecule has 1 spiro atoms. The molecular formula is C23H38O4. The second-order valence-corrected chi connectivity index (χ2v) is 11.1. The maximum absolute atomic E-state index is 11.6. The zero-order valence-corrected chi connectivity index (χ0v) is 17.8. The van der Waals surface area contributed by atoms with Crippen LogP contribution in [0.4, 0.5) is 0 Å². The van der Waals surface area contributed by atoms with Gasteiger partial charge in [-0.25, -0.2) is 0 Å². The van der Waals surface area contributed by atoms with Gasteiger partial charge >= 0.3 is 5.97 Å². The van der Waals surface area contributed by atoms with Gasteiger partial charge in [0, 0.05) is 19.4 Å². The summed E-state index contributed by atoms with van der Waals surface area (Å²) in [7, 11) is 1.79. The summed E-state index contributed by atoms with van der Waals surface area (Å²) < 4.78 is 11.7. The van der Waals surface area contributed by atoms with Gasteiger partial charge in [-0.1, -0.05) is 20.8 Å². The van der Waals surface area contributed by atoms with E-state index in [0.29, 0.717) is 28.6 Å². The van der Waals surface area contributed by atoms with Gasteiger partial charge in [-0.05, 0) is 80.0 Å². The Morgan fingerprint density at radius 2 is 1.81 bits per heavy atom. The van der Waals surface area contributed by atoms with Gasteiger partial charge in [0.05, 0.1) is 12.2 Å². The molecule has 0 saturated heterocycles. The van der Waals surface area contributed by atoms with Crippen LogP contribution in [0.5, 0.6) is 0 Å². The molecule has 4 fully saturated rings. The van der Waals surface area contributed by atoms with Crippen molar-refractivity contribution in [1.82, 2.24) is 0 Å². The minimum absolute atomic E-state index is 0.0189. The molecule has 7 atom stereocenters. The van der Waals surface area contributed by atoms with Crippen molar-refractivity contribution in [1.29, 1.82) is 0 Å². The molecule has 154 valence electrons. The van der Waals surface area contributed by atoms with Crippen LogP contribution in [0.3, 0.4) is 0 Å². The normalized spacial score (nSPS) is 50.6. The van der Waals surface area contributed by atoms with Crippen LogP contribution in [0.2, 0.25) is 0 Å². The minimum Gasteiger partial charge on any atom is -0.462 e. The second kappa shape index (κ2) is 6.19. The molecule has 0 radical (unpaired) electrons. The van der Waals surface area contributed by atoms with Crippen LogP contribution >= 0.6 is 0 Å². The van der Waals surface area contributed by atoms with Crippen molar-refractivity contribution in [3.05, 3.63) is 0 Å². The molecule has 4 nitrogen and oxygen atoms in total. The summed E-state index contributed by atoms with van der Waals surface area (Å²) in [6.07, 6.45) is 9.29. The van der Waals surface area contributed by atoms with E-state index >= 15 is 0 Å². The predicted molar refractivity (Wildman–Crippen MR) is 104 cm³/mol. The molecular weight excluding hydrogens is 340 g/mol. The van der Waals surface area contributed by atoms with Gasteiger partial charge in [0.2, 0.25) is 0 Å². The van der Waals surface area contributed by atoms with Crippen molar-refractivity contribution >= 4 is 5.97 Å². The maximum atomic E-state index is 11.6. The van der Waals surface area contributed by atoms with Crippen molar-refractivity contribution < 1.29 is 19.4 Å². The van der Waals surface area contributed by atoms with Gasteiger partial charge in [-0.2, -0.15) is 0 Å². The molecule has 0 aromatic heterocycles. The average molecular weight is 379 g/mol. The van der Waals surface area contributed by atoms with Crippen molar-refractivity contribution in [2.45, 2.75) is 90.8 Å². The third-order valence-electron chi connectivity index (χ3n) is 9.77. The van der Waals surface area contributed by atoms with E-state index in [4.69, 9.17) is 9.47 Å². The Morgan fingerprint density at radius 3 is 2.44 bits per heavy atom. The van der Waals surface area contributed by atoms with Crippen molar-refractivity contribution in [3.8, 4) is 0 Å². The summed E-state index contributed by atoms with van der Waals surface area (Å²) in [5, 5.41) is 10.2. The first-order chi connectivity index (χ1) is 12.6. The smallest absolute Gasteiger partial charge is 0.302 e. The summed E-state index contributed by atoms with van der Waals surface area (Å²) in [4.78, 5) is 11.6. The highest BCUT2D eigenvalue weighted by molar-refractivity contribution is 5.66. The zero-order chi connectivity index (χ0) is 19.7. The Bertz CT molecular complexity index is 609. The number of fused-ring (bicyclic) bond motifs is 3. The molecule has 0 aromatic carbocycles. The first-order valence-electron chi connectivity index (χ1n) is 11.0. The van der Waals surface area contributed by atoms with Crippen LogP contribution in [0.15, 0.2) is 0 Å². The Balaban J connectivity index is 1.66. The highest BCUT2D eigenvalue weighted by Crippen LogP contribution is 2.73. The zero-order valence-electron chi connectivity index (χ0n) is 17.8. The maximum Gasteiger partial charge on any atom is 0.302 e. The van der Waals surface area contributed by atoms with Crippen molar-refractivity contribution in [3.63, 3.8) is 0 Å². The monoisotopic (exact) mass is 378 g/mol. The van der Waals surface area contributed by atoms with E-state index in [1.165, 1.54) is 32.1 Å². The predicted octanol–water partition coefficient (Wildman–Crippen LogP) is 4.34. The molecule has 0 aliphatic heterocycles. The van der Waals surface area contributed by atoms with E-state index in [9.17, 15) is 9.90 Å². The topological polar surface area (TPSA) is 55.8 Å². The molecule has 4 saturated carbocycles. The molecule has 4 aliphatic carbocycles. The molecule has 27 heavy (non-hydrogen) atoms. The lowest BCUT2D eigenvalue weighted by Gasteiger charge is -2.65. The number of carbonyl (C=O) groups excluding carboxylic acids is 1. The van der Waals surface area contributed by atoms with Crippen molar-refractivity contribution in [2.75, 3.05) is 13.7 Å². The number of hydrogen-bond donors (Lipinski definition) is 1. The van der Waals surface area contributed by atoms with Crippen LogP contribution in [0.25, 0.3) is 0 Å². The lowest BCUT2D eigenvalue weighted by molar-refractivity contribution is -0.197. The van der Waals surface area contributed by atoms with Crippen LogP contribution < -0.4 is 0 Å². The van der Waals surface area contributed by atoms with Gasteiger partial charge in [-0.3, -0.25) is 4.79 Å². The number of aliphatic hydroxyl groups excluding tert-OH is 1. The highest BCUT2D eigenvalue weighted by Gasteiger charge is 2.68. The summed E-state index contributed by atoms with van der Waals surface area (Å²) in [6, 6.07) is 0. The number of hydrogen-bond acceptors (Lipinski definition) is 4. The van der Waals surface area contributed by atoms with Gasteiger partial charge < -0.3 is 14.6 Å².